The van der Waals surface area contributed by atoms with Gasteiger partial charge in [-0.25, -0.2) is 0 Å². The van der Waals surface area contributed by atoms with Gasteiger partial charge in [0.1, 0.15) is 0 Å². The third-order valence-electron chi connectivity index (χ3n) is 1.03. The molecule has 56 valence electrons. The summed E-state index contributed by atoms with van der Waals surface area (Å²) in [6, 6.07) is 0. The van der Waals surface area contributed by atoms with Crippen molar-refractivity contribution in [3.05, 3.63) is 35.4 Å². The van der Waals surface area contributed by atoms with E-state index in [-0.39, 0.29) is 0 Å². The van der Waals surface area contributed by atoms with Crippen molar-refractivity contribution in [3.8, 4) is 0 Å². The molecule has 0 aliphatic rings. The Balaban J connectivity index is 4.28. The molecule has 0 bridgehead atoms. The van der Waals surface area contributed by atoms with Crippen LogP contribution in [0, 0.1) is 0 Å². The van der Waals surface area contributed by atoms with Gasteiger partial charge in [0.25, 0.3) is 0 Å². The molecule has 0 spiro atoms. The predicted molar refractivity (Wildman–Crippen MR) is 48.2 cm³/mol. The Morgan fingerprint density at radius 3 is 2.40 bits per heavy atom. The molecule has 0 heterocycles. The first-order valence-electron chi connectivity index (χ1n) is 2.88. The first kappa shape index (κ1) is 9.66. The van der Waals surface area contributed by atoms with Gasteiger partial charge >= 0.3 is 0 Å². The molecule has 2 heteroatoms. The second-order valence-electron chi connectivity index (χ2n) is 1.71. The SMILES string of the molecule is C=CC(Br)=C(C=C)COC. The Morgan fingerprint density at radius 2 is 2.10 bits per heavy atom. The fraction of sp³-hybridized carbons (Fsp3) is 0.250. The van der Waals surface area contributed by atoms with Crippen molar-refractivity contribution >= 4 is 15.9 Å². The fourth-order valence-corrected chi connectivity index (χ4v) is 0.788. The standard InChI is InChI=1S/C8H11BrO/c1-4-7(6-10-3)8(9)5-2/h4-5H,1-2,6H2,3H3. The van der Waals surface area contributed by atoms with Crippen LogP contribution in [0.4, 0.5) is 0 Å². The number of ether oxygens (including phenoxy) is 1. The number of hydrogen-bond acceptors (Lipinski definition) is 1. The van der Waals surface area contributed by atoms with Crippen molar-refractivity contribution in [3.63, 3.8) is 0 Å². The predicted octanol–water partition coefficient (Wildman–Crippen LogP) is 2.65. The van der Waals surface area contributed by atoms with Crippen LogP contribution in [0.25, 0.3) is 0 Å². The molecule has 0 aliphatic heterocycles. The molecule has 0 aliphatic carbocycles. The van der Waals surface area contributed by atoms with Gasteiger partial charge < -0.3 is 4.74 Å². The van der Waals surface area contributed by atoms with Gasteiger partial charge in [-0.05, 0) is 5.57 Å². The Kier molecular flexibility index (Phi) is 5.26. The van der Waals surface area contributed by atoms with E-state index in [1.807, 2.05) is 0 Å². The zero-order valence-electron chi connectivity index (χ0n) is 6.06. The minimum absolute atomic E-state index is 0.566. The molecule has 1 nitrogen and oxygen atoms in total. The minimum Gasteiger partial charge on any atom is -0.380 e. The summed E-state index contributed by atoms with van der Waals surface area (Å²) in [5, 5.41) is 0. The first-order valence-corrected chi connectivity index (χ1v) is 3.68. The number of allylic oxidation sites excluding steroid dienone is 2. The van der Waals surface area contributed by atoms with Crippen molar-refractivity contribution < 1.29 is 4.74 Å². The topological polar surface area (TPSA) is 9.23 Å². The highest BCUT2D eigenvalue weighted by Gasteiger charge is 1.94. The molecule has 0 aromatic heterocycles. The first-order chi connectivity index (χ1) is 4.76. The third kappa shape index (κ3) is 2.99. The molecular formula is C8H11BrO. The molecule has 0 saturated heterocycles. The van der Waals surface area contributed by atoms with Crippen LogP contribution >= 0.6 is 15.9 Å². The van der Waals surface area contributed by atoms with E-state index in [1.54, 1.807) is 19.3 Å². The maximum Gasteiger partial charge on any atom is 0.0723 e. The Morgan fingerprint density at radius 1 is 1.50 bits per heavy atom. The van der Waals surface area contributed by atoms with Crippen LogP contribution in [-0.4, -0.2) is 13.7 Å². The second kappa shape index (κ2) is 5.45. The van der Waals surface area contributed by atoms with E-state index < -0.39 is 0 Å². The number of halogens is 1. The quantitative estimate of drug-likeness (QED) is 0.638. The molecular weight excluding hydrogens is 192 g/mol. The molecule has 0 saturated carbocycles. The lowest BCUT2D eigenvalue weighted by molar-refractivity contribution is 0.228. The van der Waals surface area contributed by atoms with Crippen LogP contribution in [0.15, 0.2) is 35.4 Å². The van der Waals surface area contributed by atoms with Gasteiger partial charge in [-0.2, -0.15) is 0 Å². The molecule has 0 amide bonds. The second-order valence-corrected chi connectivity index (χ2v) is 2.57. The van der Waals surface area contributed by atoms with Gasteiger partial charge in [0.2, 0.25) is 0 Å². The van der Waals surface area contributed by atoms with Gasteiger partial charge in [-0.1, -0.05) is 41.2 Å². The molecule has 0 unspecified atom stereocenters. The highest BCUT2D eigenvalue weighted by Crippen LogP contribution is 2.13. The molecule has 0 rings (SSSR count). The zero-order valence-corrected chi connectivity index (χ0v) is 7.65. The van der Waals surface area contributed by atoms with Crippen LogP contribution in [0.5, 0.6) is 0 Å². The Hall–Kier alpha value is -0.340. The monoisotopic (exact) mass is 202 g/mol. The molecule has 0 radical (unpaired) electrons. The normalized spacial score (nSPS) is 12.2. The Labute approximate surface area is 70.2 Å². The smallest absolute Gasteiger partial charge is 0.0723 e. The summed E-state index contributed by atoms with van der Waals surface area (Å²) in [5.41, 5.74) is 1.01. The maximum atomic E-state index is 4.91. The van der Waals surface area contributed by atoms with Crippen molar-refractivity contribution in [1.82, 2.24) is 0 Å². The molecule has 0 N–H and O–H groups in total. The van der Waals surface area contributed by atoms with E-state index in [9.17, 15) is 0 Å². The van der Waals surface area contributed by atoms with Crippen molar-refractivity contribution in [1.29, 1.82) is 0 Å². The lowest BCUT2D eigenvalue weighted by atomic mass is 10.2. The molecule has 0 aromatic rings. The van der Waals surface area contributed by atoms with Gasteiger partial charge in [-0.15, -0.1) is 0 Å². The van der Waals surface area contributed by atoms with Crippen molar-refractivity contribution in [2.24, 2.45) is 0 Å². The van der Waals surface area contributed by atoms with Crippen LogP contribution in [0.2, 0.25) is 0 Å². The molecule has 10 heavy (non-hydrogen) atoms. The molecule has 0 fully saturated rings. The maximum absolute atomic E-state index is 4.91. The van der Waals surface area contributed by atoms with Crippen LogP contribution in [-0.2, 0) is 4.74 Å². The summed E-state index contributed by atoms with van der Waals surface area (Å²) < 4.78 is 5.85. The lowest BCUT2D eigenvalue weighted by Crippen LogP contribution is -1.91. The van der Waals surface area contributed by atoms with Crippen LogP contribution in [0.3, 0.4) is 0 Å². The number of hydrogen-bond donors (Lipinski definition) is 0. The van der Waals surface area contributed by atoms with E-state index >= 15 is 0 Å². The van der Waals surface area contributed by atoms with Crippen molar-refractivity contribution in [2.45, 2.75) is 0 Å². The van der Waals surface area contributed by atoms with Crippen LogP contribution in [0.1, 0.15) is 0 Å². The highest BCUT2D eigenvalue weighted by molar-refractivity contribution is 9.11. The van der Waals surface area contributed by atoms with Gasteiger partial charge in [-0.3, -0.25) is 0 Å². The average Bonchev–Trinajstić information content (AvgIpc) is 1.99. The third-order valence-corrected chi connectivity index (χ3v) is 1.87. The van der Waals surface area contributed by atoms with E-state index in [2.05, 4.69) is 29.1 Å². The summed E-state index contributed by atoms with van der Waals surface area (Å²) in [4.78, 5) is 0. The summed E-state index contributed by atoms with van der Waals surface area (Å²) >= 11 is 3.31. The van der Waals surface area contributed by atoms with E-state index in [1.165, 1.54) is 0 Å². The van der Waals surface area contributed by atoms with Gasteiger partial charge in [0, 0.05) is 11.6 Å². The van der Waals surface area contributed by atoms with E-state index in [0.29, 0.717) is 6.61 Å². The van der Waals surface area contributed by atoms with Gasteiger partial charge in [0.15, 0.2) is 0 Å². The van der Waals surface area contributed by atoms with E-state index in [4.69, 9.17) is 4.74 Å². The highest BCUT2D eigenvalue weighted by atomic mass is 79.9. The van der Waals surface area contributed by atoms with Crippen LogP contribution < -0.4 is 0 Å². The van der Waals surface area contributed by atoms with Crippen molar-refractivity contribution in [2.75, 3.05) is 13.7 Å². The summed E-state index contributed by atoms with van der Waals surface area (Å²) in [6.07, 6.45) is 3.46. The molecule has 0 aromatic carbocycles. The van der Waals surface area contributed by atoms with E-state index in [0.717, 1.165) is 10.1 Å². The number of methoxy groups -OCH3 is 1. The average molecular weight is 203 g/mol. The molecule has 0 atom stereocenters. The summed E-state index contributed by atoms with van der Waals surface area (Å²) in [6.45, 7) is 7.80. The number of rotatable bonds is 4. The lowest BCUT2D eigenvalue weighted by Gasteiger charge is -2.00. The summed E-state index contributed by atoms with van der Waals surface area (Å²) in [7, 11) is 1.65. The van der Waals surface area contributed by atoms with Gasteiger partial charge in [0.05, 0.1) is 6.61 Å². The summed E-state index contributed by atoms with van der Waals surface area (Å²) in [5.74, 6) is 0. The largest absolute Gasteiger partial charge is 0.380 e. The fourth-order valence-electron chi connectivity index (χ4n) is 0.512. The minimum atomic E-state index is 0.566. The zero-order chi connectivity index (χ0) is 7.98. The Bertz CT molecular complexity index is 159.